The number of carbonyl (C=O) groups is 1. The van der Waals surface area contributed by atoms with Crippen molar-refractivity contribution in [3.05, 3.63) is 95.8 Å². The van der Waals surface area contributed by atoms with Gasteiger partial charge in [0.1, 0.15) is 10.7 Å². The first-order chi connectivity index (χ1) is 13.4. The van der Waals surface area contributed by atoms with Crippen LogP contribution in [-0.4, -0.2) is 14.3 Å². The number of hydrogen-bond donors (Lipinski definition) is 2. The predicted octanol–water partition coefficient (Wildman–Crippen LogP) is 4.12. The van der Waals surface area contributed by atoms with Crippen molar-refractivity contribution in [1.29, 1.82) is 0 Å². The quantitative estimate of drug-likeness (QED) is 0.656. The summed E-state index contributed by atoms with van der Waals surface area (Å²) in [6.45, 7) is 1.83. The number of halogens is 1. The lowest BCUT2D eigenvalue weighted by Crippen LogP contribution is -2.28. The number of carbonyl (C=O) groups excluding carboxylic acids is 1. The zero-order valence-corrected chi connectivity index (χ0v) is 15.9. The van der Waals surface area contributed by atoms with Gasteiger partial charge in [0.15, 0.2) is 0 Å². The maximum absolute atomic E-state index is 13.9. The molecule has 0 fully saturated rings. The van der Waals surface area contributed by atoms with Gasteiger partial charge in [0.2, 0.25) is 0 Å². The molecule has 0 aliphatic heterocycles. The van der Waals surface area contributed by atoms with E-state index in [9.17, 15) is 17.6 Å². The fourth-order valence-electron chi connectivity index (χ4n) is 2.73. The highest BCUT2D eigenvalue weighted by atomic mass is 32.2. The van der Waals surface area contributed by atoms with E-state index >= 15 is 0 Å². The minimum atomic E-state index is -4.19. The molecule has 1 atom stereocenters. The summed E-state index contributed by atoms with van der Waals surface area (Å²) in [7, 11) is -4.19. The van der Waals surface area contributed by atoms with Crippen LogP contribution < -0.4 is 10.0 Å². The van der Waals surface area contributed by atoms with Gasteiger partial charge in [-0.05, 0) is 36.8 Å². The van der Waals surface area contributed by atoms with E-state index in [2.05, 4.69) is 10.0 Å². The van der Waals surface area contributed by atoms with E-state index in [0.29, 0.717) is 0 Å². The molecule has 1 amide bonds. The van der Waals surface area contributed by atoms with E-state index in [0.717, 1.165) is 17.7 Å². The van der Waals surface area contributed by atoms with Gasteiger partial charge < -0.3 is 5.32 Å². The maximum atomic E-state index is 13.9. The largest absolute Gasteiger partial charge is 0.345 e. The predicted molar refractivity (Wildman–Crippen MR) is 106 cm³/mol. The highest BCUT2D eigenvalue weighted by Crippen LogP contribution is 2.22. The molecule has 0 radical (unpaired) electrons. The second-order valence-electron chi connectivity index (χ2n) is 6.19. The molecule has 3 aromatic rings. The van der Waals surface area contributed by atoms with Gasteiger partial charge >= 0.3 is 0 Å². The third-order valence-electron chi connectivity index (χ3n) is 4.19. The Bertz CT molecular complexity index is 1090. The molecule has 144 valence electrons. The smallest absolute Gasteiger partial charge is 0.264 e. The summed E-state index contributed by atoms with van der Waals surface area (Å²) >= 11 is 0. The monoisotopic (exact) mass is 398 g/mol. The first-order valence-electron chi connectivity index (χ1n) is 8.60. The van der Waals surface area contributed by atoms with E-state index in [1.807, 2.05) is 37.3 Å². The number of sulfonamides is 1. The van der Waals surface area contributed by atoms with Crippen molar-refractivity contribution in [3.63, 3.8) is 0 Å². The van der Waals surface area contributed by atoms with Crippen LogP contribution in [-0.2, 0) is 10.0 Å². The fourth-order valence-corrected chi connectivity index (χ4v) is 3.89. The number of nitrogens with one attached hydrogen (secondary N) is 2. The Morgan fingerprint density at radius 1 is 0.893 bits per heavy atom. The molecule has 0 aliphatic carbocycles. The maximum Gasteiger partial charge on any atom is 0.264 e. The second kappa shape index (κ2) is 8.22. The van der Waals surface area contributed by atoms with Gasteiger partial charge in [0, 0.05) is 0 Å². The average molecular weight is 398 g/mol. The molecular formula is C21H19FN2O3S. The van der Waals surface area contributed by atoms with Crippen LogP contribution in [0.25, 0.3) is 0 Å². The van der Waals surface area contributed by atoms with Crippen LogP contribution in [0.3, 0.4) is 0 Å². The summed E-state index contributed by atoms with van der Waals surface area (Å²) < 4.78 is 41.3. The molecule has 0 aromatic heterocycles. The SMILES string of the molecule is C[C@H](NC(=O)c1ccccc1NS(=O)(=O)c1ccccc1F)c1ccccc1. The van der Waals surface area contributed by atoms with Crippen molar-refractivity contribution >= 4 is 21.6 Å². The highest BCUT2D eigenvalue weighted by molar-refractivity contribution is 7.92. The average Bonchev–Trinajstić information content (AvgIpc) is 2.69. The van der Waals surface area contributed by atoms with Crippen LogP contribution in [0.2, 0.25) is 0 Å². The molecule has 3 aromatic carbocycles. The zero-order valence-electron chi connectivity index (χ0n) is 15.1. The Morgan fingerprint density at radius 3 is 2.21 bits per heavy atom. The van der Waals surface area contributed by atoms with Crippen molar-refractivity contribution in [2.75, 3.05) is 4.72 Å². The lowest BCUT2D eigenvalue weighted by molar-refractivity contribution is 0.0941. The third kappa shape index (κ3) is 4.37. The highest BCUT2D eigenvalue weighted by Gasteiger charge is 2.22. The number of rotatable bonds is 6. The van der Waals surface area contributed by atoms with Crippen molar-refractivity contribution < 1.29 is 17.6 Å². The van der Waals surface area contributed by atoms with Crippen molar-refractivity contribution in [3.8, 4) is 0 Å². The van der Waals surface area contributed by atoms with Gasteiger partial charge in [-0.15, -0.1) is 0 Å². The van der Waals surface area contributed by atoms with Gasteiger partial charge in [-0.1, -0.05) is 54.6 Å². The summed E-state index contributed by atoms with van der Waals surface area (Å²) in [6, 6.07) is 20.4. The van der Waals surface area contributed by atoms with Crippen LogP contribution in [0, 0.1) is 5.82 Å². The molecule has 0 heterocycles. The van der Waals surface area contributed by atoms with E-state index in [4.69, 9.17) is 0 Å². The number of para-hydroxylation sites is 1. The number of anilines is 1. The molecule has 5 nitrogen and oxygen atoms in total. The van der Waals surface area contributed by atoms with Crippen LogP contribution in [0.5, 0.6) is 0 Å². The minimum absolute atomic E-state index is 0.0727. The topological polar surface area (TPSA) is 75.3 Å². The minimum Gasteiger partial charge on any atom is -0.345 e. The first-order valence-corrected chi connectivity index (χ1v) is 10.1. The summed E-state index contributed by atoms with van der Waals surface area (Å²) in [5.41, 5.74) is 1.13. The fraction of sp³-hybridized carbons (Fsp3) is 0.0952. The van der Waals surface area contributed by atoms with Crippen LogP contribution >= 0.6 is 0 Å². The Hall–Kier alpha value is -3.19. The van der Waals surface area contributed by atoms with Crippen LogP contribution in [0.4, 0.5) is 10.1 Å². The molecule has 0 unspecified atom stereocenters. The standard InChI is InChI=1S/C21H19FN2O3S/c1-15(16-9-3-2-4-10-16)23-21(25)17-11-5-7-13-19(17)24-28(26,27)20-14-8-6-12-18(20)22/h2-15,24H,1H3,(H,23,25)/t15-/m0/s1. The second-order valence-corrected chi connectivity index (χ2v) is 7.84. The summed E-state index contributed by atoms with van der Waals surface area (Å²) in [5.74, 6) is -1.31. The summed E-state index contributed by atoms with van der Waals surface area (Å²) in [6.07, 6.45) is 0. The molecule has 3 rings (SSSR count). The molecule has 2 N–H and O–H groups in total. The lowest BCUT2D eigenvalue weighted by Gasteiger charge is -2.17. The van der Waals surface area contributed by atoms with E-state index in [-0.39, 0.29) is 17.3 Å². The van der Waals surface area contributed by atoms with E-state index in [1.165, 1.54) is 24.3 Å². The lowest BCUT2D eigenvalue weighted by atomic mass is 10.1. The zero-order chi connectivity index (χ0) is 20.1. The molecule has 7 heteroatoms. The van der Waals surface area contributed by atoms with Crippen LogP contribution in [0.1, 0.15) is 28.9 Å². The number of amides is 1. The van der Waals surface area contributed by atoms with Crippen molar-refractivity contribution in [2.24, 2.45) is 0 Å². The normalized spacial score (nSPS) is 12.2. The molecule has 0 spiro atoms. The Morgan fingerprint density at radius 2 is 1.50 bits per heavy atom. The Balaban J connectivity index is 1.85. The summed E-state index contributed by atoms with van der Waals surface area (Å²) in [4.78, 5) is 12.2. The van der Waals surface area contributed by atoms with Gasteiger partial charge in [0.25, 0.3) is 15.9 Å². The van der Waals surface area contributed by atoms with Crippen LogP contribution in [0.15, 0.2) is 83.8 Å². The van der Waals surface area contributed by atoms with E-state index in [1.54, 1.807) is 12.1 Å². The molecule has 0 saturated heterocycles. The number of hydrogen-bond acceptors (Lipinski definition) is 3. The Kier molecular flexibility index (Phi) is 5.75. The summed E-state index contributed by atoms with van der Waals surface area (Å²) in [5, 5.41) is 2.84. The molecule has 0 bridgehead atoms. The molecule has 28 heavy (non-hydrogen) atoms. The van der Waals surface area contributed by atoms with Gasteiger partial charge in [-0.2, -0.15) is 0 Å². The van der Waals surface area contributed by atoms with Crippen molar-refractivity contribution in [2.45, 2.75) is 17.9 Å². The molecular weight excluding hydrogens is 379 g/mol. The molecule has 0 aliphatic rings. The Labute approximate surface area is 163 Å². The third-order valence-corrected chi connectivity index (χ3v) is 5.59. The van der Waals surface area contributed by atoms with E-state index < -0.39 is 26.6 Å². The molecule has 0 saturated carbocycles. The number of benzene rings is 3. The first kappa shape index (κ1) is 19.6. The van der Waals surface area contributed by atoms with Gasteiger partial charge in [-0.3, -0.25) is 9.52 Å². The van der Waals surface area contributed by atoms with Gasteiger partial charge in [0.05, 0.1) is 17.3 Å². The van der Waals surface area contributed by atoms with Crippen molar-refractivity contribution in [1.82, 2.24) is 5.32 Å². The van der Waals surface area contributed by atoms with Gasteiger partial charge in [-0.25, -0.2) is 12.8 Å².